The third-order valence-corrected chi connectivity index (χ3v) is 7.46. The van der Waals surface area contributed by atoms with E-state index in [0.717, 1.165) is 47.2 Å². The highest BCUT2D eigenvalue weighted by atomic mass is 79.9. The second kappa shape index (κ2) is 8.75. The molecule has 0 bridgehead atoms. The first-order valence-electron chi connectivity index (χ1n) is 11.1. The monoisotopic (exact) mass is 516 g/mol. The maximum absolute atomic E-state index is 13.4. The zero-order valence-corrected chi connectivity index (χ0v) is 21.7. The number of fused-ring (bicyclic) bond motifs is 1. The molecule has 0 spiro atoms. The number of hydrogen-bond donors (Lipinski definition) is 1. The van der Waals surface area contributed by atoms with E-state index in [1.807, 2.05) is 38.1 Å². The van der Waals surface area contributed by atoms with Gasteiger partial charge in [-0.2, -0.15) is 0 Å². The lowest BCUT2D eigenvalue weighted by atomic mass is 9.82. The number of benzene rings is 2. The van der Waals surface area contributed by atoms with Crippen molar-refractivity contribution in [3.63, 3.8) is 0 Å². The SMILES string of the molecule is Cc1cc([C@@H](C)Nc2cc(Cl)ccc2Br)c2oc(N3CCC(C)(C)CC3)c(C)c(=O)c2c1. The number of halogens is 2. The summed E-state index contributed by atoms with van der Waals surface area (Å²) >= 11 is 9.79. The maximum atomic E-state index is 13.4. The van der Waals surface area contributed by atoms with Gasteiger partial charge in [-0.1, -0.05) is 31.5 Å². The highest BCUT2D eigenvalue weighted by Gasteiger charge is 2.28. The zero-order chi connectivity index (χ0) is 23.2. The van der Waals surface area contributed by atoms with Gasteiger partial charge in [0.1, 0.15) is 5.58 Å². The topological polar surface area (TPSA) is 45.5 Å². The quantitative estimate of drug-likeness (QED) is 0.386. The van der Waals surface area contributed by atoms with Gasteiger partial charge in [0, 0.05) is 28.1 Å². The summed E-state index contributed by atoms with van der Waals surface area (Å²) in [7, 11) is 0. The van der Waals surface area contributed by atoms with Crippen LogP contribution in [0.3, 0.4) is 0 Å². The van der Waals surface area contributed by atoms with Crippen molar-refractivity contribution in [2.45, 2.75) is 53.5 Å². The highest BCUT2D eigenvalue weighted by molar-refractivity contribution is 9.10. The van der Waals surface area contributed by atoms with Crippen molar-refractivity contribution in [3.8, 4) is 0 Å². The number of nitrogens with zero attached hydrogens (tertiary/aromatic N) is 1. The van der Waals surface area contributed by atoms with Crippen LogP contribution < -0.4 is 15.6 Å². The van der Waals surface area contributed by atoms with Crippen molar-refractivity contribution < 1.29 is 4.42 Å². The molecule has 0 amide bonds. The summed E-state index contributed by atoms with van der Waals surface area (Å²) in [6, 6.07) is 9.60. The van der Waals surface area contributed by atoms with Crippen molar-refractivity contribution in [1.82, 2.24) is 0 Å². The predicted octanol–water partition coefficient (Wildman–Crippen LogP) is 7.63. The van der Waals surface area contributed by atoms with Gasteiger partial charge in [0.25, 0.3) is 0 Å². The summed E-state index contributed by atoms with van der Waals surface area (Å²) in [5.41, 5.74) is 4.61. The van der Waals surface area contributed by atoms with Gasteiger partial charge in [0.2, 0.25) is 5.88 Å². The molecule has 2 aromatic carbocycles. The molecule has 0 aliphatic carbocycles. The van der Waals surface area contributed by atoms with Crippen LogP contribution in [0, 0.1) is 19.3 Å². The molecule has 1 aromatic heterocycles. The van der Waals surface area contributed by atoms with E-state index in [4.69, 9.17) is 16.0 Å². The minimum Gasteiger partial charge on any atom is -0.440 e. The first-order valence-corrected chi connectivity index (χ1v) is 12.3. The summed E-state index contributed by atoms with van der Waals surface area (Å²) in [5.74, 6) is 0.708. The third-order valence-electron chi connectivity index (χ3n) is 6.54. The van der Waals surface area contributed by atoms with Crippen molar-refractivity contribution in [3.05, 3.63) is 66.7 Å². The van der Waals surface area contributed by atoms with Gasteiger partial charge in [-0.05, 0) is 84.8 Å². The van der Waals surface area contributed by atoms with Gasteiger partial charge in [-0.15, -0.1) is 0 Å². The molecule has 1 aliphatic heterocycles. The van der Waals surface area contributed by atoms with Gasteiger partial charge in [0.15, 0.2) is 5.43 Å². The number of anilines is 2. The Morgan fingerprint density at radius 2 is 1.84 bits per heavy atom. The number of nitrogens with one attached hydrogen (secondary N) is 1. The Hall–Kier alpha value is -1.98. The predicted molar refractivity (Wildman–Crippen MR) is 138 cm³/mol. The number of piperidine rings is 1. The number of rotatable bonds is 4. The number of aryl methyl sites for hydroxylation is 1. The van der Waals surface area contributed by atoms with E-state index in [9.17, 15) is 4.79 Å². The Kier molecular flexibility index (Phi) is 6.34. The fourth-order valence-electron chi connectivity index (χ4n) is 4.41. The van der Waals surface area contributed by atoms with Crippen LogP contribution in [0.15, 0.2) is 44.0 Å². The van der Waals surface area contributed by atoms with E-state index in [-0.39, 0.29) is 11.5 Å². The van der Waals surface area contributed by atoms with E-state index < -0.39 is 0 Å². The summed E-state index contributed by atoms with van der Waals surface area (Å²) in [6.07, 6.45) is 2.16. The highest BCUT2D eigenvalue weighted by Crippen LogP contribution is 2.36. The van der Waals surface area contributed by atoms with Crippen LogP contribution in [0.4, 0.5) is 11.6 Å². The van der Waals surface area contributed by atoms with Crippen LogP contribution in [0.2, 0.25) is 5.02 Å². The van der Waals surface area contributed by atoms with Crippen molar-refractivity contribution in [1.29, 1.82) is 0 Å². The standard InChI is InChI=1S/C26H30BrClN2O2/c1-15-12-19(17(3)29-22-14-18(28)6-7-21(22)27)24-20(13-15)23(31)16(2)25(32-24)30-10-8-26(4,5)9-11-30/h6-7,12-14,17,29H,8-11H2,1-5H3/t17-/m1/s1. The Morgan fingerprint density at radius 1 is 1.16 bits per heavy atom. The molecule has 1 aliphatic rings. The average Bonchev–Trinajstić information content (AvgIpc) is 2.73. The second-order valence-corrected chi connectivity index (χ2v) is 11.0. The molecule has 6 heteroatoms. The van der Waals surface area contributed by atoms with Crippen molar-refractivity contribution in [2.24, 2.45) is 5.41 Å². The lowest BCUT2D eigenvalue weighted by Crippen LogP contribution is -2.38. The molecule has 1 atom stereocenters. The smallest absolute Gasteiger partial charge is 0.202 e. The largest absolute Gasteiger partial charge is 0.440 e. The van der Waals surface area contributed by atoms with Gasteiger partial charge in [-0.25, -0.2) is 0 Å². The fraction of sp³-hybridized carbons (Fsp3) is 0.423. The Morgan fingerprint density at radius 3 is 2.53 bits per heavy atom. The van der Waals surface area contributed by atoms with E-state index in [2.05, 4.69) is 53.0 Å². The Balaban J connectivity index is 1.80. The Labute approximate surface area is 203 Å². The summed E-state index contributed by atoms with van der Waals surface area (Å²) in [5, 5.41) is 4.82. The average molecular weight is 518 g/mol. The lowest BCUT2D eigenvalue weighted by Gasteiger charge is -2.37. The molecule has 1 fully saturated rings. The molecule has 32 heavy (non-hydrogen) atoms. The minimum atomic E-state index is -0.0915. The van der Waals surface area contributed by atoms with Gasteiger partial charge in [-0.3, -0.25) is 4.79 Å². The lowest BCUT2D eigenvalue weighted by molar-refractivity contribution is 0.274. The molecular formula is C26H30BrClN2O2. The second-order valence-electron chi connectivity index (χ2n) is 9.73. The van der Waals surface area contributed by atoms with Gasteiger partial charge in [0.05, 0.1) is 22.7 Å². The van der Waals surface area contributed by atoms with Crippen LogP contribution in [-0.4, -0.2) is 13.1 Å². The summed E-state index contributed by atoms with van der Waals surface area (Å²) in [4.78, 5) is 15.6. The molecule has 1 N–H and O–H groups in total. The minimum absolute atomic E-state index is 0.0483. The molecule has 3 aromatic rings. The fourth-order valence-corrected chi connectivity index (χ4v) is 4.95. The molecule has 0 saturated carbocycles. The molecule has 2 heterocycles. The Bertz CT molecular complexity index is 1220. The van der Waals surface area contributed by atoms with E-state index >= 15 is 0 Å². The molecular weight excluding hydrogens is 488 g/mol. The summed E-state index contributed by atoms with van der Waals surface area (Å²) < 4.78 is 7.46. The van der Waals surface area contributed by atoms with Gasteiger partial charge >= 0.3 is 0 Å². The van der Waals surface area contributed by atoms with Crippen LogP contribution in [-0.2, 0) is 0 Å². The van der Waals surface area contributed by atoms with Crippen LogP contribution in [0.25, 0.3) is 11.0 Å². The van der Waals surface area contributed by atoms with Crippen molar-refractivity contribution >= 4 is 50.1 Å². The first-order chi connectivity index (χ1) is 15.1. The molecule has 0 radical (unpaired) electrons. The molecule has 1 saturated heterocycles. The van der Waals surface area contributed by atoms with Crippen LogP contribution in [0.1, 0.15) is 56.3 Å². The molecule has 0 unspecified atom stereocenters. The molecule has 4 rings (SSSR count). The first kappa shape index (κ1) is 23.2. The number of hydrogen-bond acceptors (Lipinski definition) is 4. The van der Waals surface area contributed by atoms with E-state index in [1.165, 1.54) is 0 Å². The molecule has 4 nitrogen and oxygen atoms in total. The van der Waals surface area contributed by atoms with Crippen molar-refractivity contribution in [2.75, 3.05) is 23.3 Å². The van der Waals surface area contributed by atoms with E-state index in [1.54, 1.807) is 0 Å². The third kappa shape index (κ3) is 4.55. The van der Waals surface area contributed by atoms with Gasteiger partial charge < -0.3 is 14.6 Å². The normalized spacial score (nSPS) is 16.9. The maximum Gasteiger partial charge on any atom is 0.202 e. The van der Waals surface area contributed by atoms with Crippen LogP contribution in [0.5, 0.6) is 0 Å². The van der Waals surface area contributed by atoms with Crippen LogP contribution >= 0.6 is 27.5 Å². The summed E-state index contributed by atoms with van der Waals surface area (Å²) in [6.45, 7) is 12.4. The van der Waals surface area contributed by atoms with E-state index in [0.29, 0.717) is 32.9 Å². The molecule has 170 valence electrons. The zero-order valence-electron chi connectivity index (χ0n) is 19.3.